The Hall–Kier alpha value is -4.21. The number of aromatic nitrogens is 2. The van der Waals surface area contributed by atoms with E-state index in [0.717, 1.165) is 48.3 Å². The first-order valence-electron chi connectivity index (χ1n) is 14.0. The molecule has 1 atom stereocenters. The maximum absolute atomic E-state index is 13.6. The number of fused-ring (bicyclic) bond motifs is 6. The van der Waals surface area contributed by atoms with Gasteiger partial charge in [0.1, 0.15) is 11.4 Å². The maximum Gasteiger partial charge on any atom is 0.356 e. The van der Waals surface area contributed by atoms with E-state index < -0.39 is 11.9 Å². The van der Waals surface area contributed by atoms with Gasteiger partial charge in [0.15, 0.2) is 0 Å². The summed E-state index contributed by atoms with van der Waals surface area (Å²) >= 11 is 1.44. The average Bonchev–Trinajstić information content (AvgIpc) is 3.48. The van der Waals surface area contributed by atoms with E-state index in [-0.39, 0.29) is 19.3 Å². The first kappa shape index (κ1) is 27.9. The van der Waals surface area contributed by atoms with E-state index in [1.807, 2.05) is 85.6 Å². The maximum atomic E-state index is 13.6. The van der Waals surface area contributed by atoms with Crippen molar-refractivity contribution in [3.8, 4) is 0 Å². The Bertz CT molecular complexity index is 1880. The van der Waals surface area contributed by atoms with Crippen molar-refractivity contribution >= 4 is 52.8 Å². The predicted octanol–water partition coefficient (Wildman–Crippen LogP) is 4.07. The lowest BCUT2D eigenvalue weighted by Gasteiger charge is -2.20. The van der Waals surface area contributed by atoms with Crippen molar-refractivity contribution in [1.82, 2.24) is 13.9 Å². The fraction of sp³-hybridized carbons (Fsp3) is 0.273. The highest BCUT2D eigenvalue weighted by Gasteiger charge is 2.36. The summed E-state index contributed by atoms with van der Waals surface area (Å²) in [7, 11) is 8.07. The van der Waals surface area contributed by atoms with Crippen LogP contribution in [-0.2, 0) is 9.47 Å². The van der Waals surface area contributed by atoms with Crippen molar-refractivity contribution < 1.29 is 19.1 Å². The molecule has 9 heteroatoms. The Morgan fingerprint density at radius 3 is 2.26 bits per heavy atom. The van der Waals surface area contributed by atoms with Crippen LogP contribution in [0.3, 0.4) is 0 Å². The highest BCUT2D eigenvalue weighted by Crippen LogP contribution is 2.46. The molecule has 0 saturated carbocycles. The van der Waals surface area contributed by atoms with Crippen LogP contribution in [0.5, 0.6) is 0 Å². The second-order valence-corrected chi connectivity index (χ2v) is 11.7. The number of carbonyl (C=O) groups excluding carboxylic acids is 2. The number of rotatable bonds is 7. The quantitative estimate of drug-likeness (QED) is 0.268. The fourth-order valence-corrected chi connectivity index (χ4v) is 7.08. The van der Waals surface area contributed by atoms with Gasteiger partial charge in [-0.15, -0.1) is 0 Å². The van der Waals surface area contributed by atoms with E-state index in [1.54, 1.807) is 6.92 Å². The molecule has 0 saturated heterocycles. The number of benzene rings is 1. The lowest BCUT2D eigenvalue weighted by Crippen LogP contribution is -2.38. The van der Waals surface area contributed by atoms with Crippen molar-refractivity contribution in [2.24, 2.45) is 0 Å². The summed E-state index contributed by atoms with van der Waals surface area (Å²) in [4.78, 5) is 32.9. The molecule has 2 aliphatic rings. The minimum atomic E-state index is -0.407. The zero-order chi connectivity index (χ0) is 29.7. The third-order valence-electron chi connectivity index (χ3n) is 7.65. The molecule has 0 amide bonds. The minimum absolute atomic E-state index is 0.0381. The molecule has 0 fully saturated rings. The molecule has 0 aliphatic carbocycles. The van der Waals surface area contributed by atoms with Gasteiger partial charge in [0, 0.05) is 54.6 Å². The molecule has 1 aromatic carbocycles. The average molecular weight is 583 g/mol. The van der Waals surface area contributed by atoms with Crippen molar-refractivity contribution in [2.45, 2.75) is 29.7 Å². The van der Waals surface area contributed by atoms with Gasteiger partial charge >= 0.3 is 11.9 Å². The summed E-state index contributed by atoms with van der Waals surface area (Å²) in [5.74, 6) is -0.809. The molecule has 6 rings (SSSR count). The van der Waals surface area contributed by atoms with Crippen LogP contribution in [0, 0.1) is 0 Å². The number of ether oxygens (including phenoxy) is 2. The zero-order valence-electron chi connectivity index (χ0n) is 24.7. The molecule has 2 aliphatic heterocycles. The van der Waals surface area contributed by atoms with Gasteiger partial charge in [-0.05, 0) is 57.8 Å². The Labute approximate surface area is 249 Å². The van der Waals surface area contributed by atoms with Gasteiger partial charge < -0.3 is 23.3 Å². The van der Waals surface area contributed by atoms with Crippen molar-refractivity contribution in [3.05, 3.63) is 87.8 Å². The van der Waals surface area contributed by atoms with Crippen LogP contribution in [0.15, 0.2) is 64.5 Å². The highest BCUT2D eigenvalue weighted by atomic mass is 32.2. The second-order valence-electron chi connectivity index (χ2n) is 10.6. The Balaban J connectivity index is 1.84. The fourth-order valence-electron chi connectivity index (χ4n) is 5.70. The van der Waals surface area contributed by atoms with Crippen LogP contribution in [0.1, 0.15) is 46.0 Å². The molecule has 0 bridgehead atoms. The van der Waals surface area contributed by atoms with E-state index >= 15 is 0 Å². The standard InChI is InChI=1S/C33H34N4O4S/c1-7-40-32(38)28-30-26(23-18-21(34(3)4)14-16-36(23)28)25(20-12-10-9-11-13-20)27-24-19-22(35(5)6)15-17-37(24)29(31(27)42-30)33(39)41-8-2/h9-19,21H,7-8H2,1-6H3. The molecule has 4 aromatic rings. The van der Waals surface area contributed by atoms with Crippen LogP contribution in [0.4, 0.5) is 5.69 Å². The molecular weight excluding hydrogens is 548 g/mol. The first-order chi connectivity index (χ1) is 20.3. The summed E-state index contributed by atoms with van der Waals surface area (Å²) in [6.45, 7) is 4.12. The molecule has 5 heterocycles. The first-order valence-corrected chi connectivity index (χ1v) is 14.9. The second kappa shape index (κ2) is 10.9. The smallest absolute Gasteiger partial charge is 0.356 e. The summed E-state index contributed by atoms with van der Waals surface area (Å²) < 4.78 is 15.1. The number of hydrogen-bond acceptors (Lipinski definition) is 7. The van der Waals surface area contributed by atoms with E-state index in [4.69, 9.17) is 9.47 Å². The van der Waals surface area contributed by atoms with Crippen LogP contribution >= 0.6 is 11.8 Å². The van der Waals surface area contributed by atoms with Gasteiger partial charge in [0.25, 0.3) is 0 Å². The normalized spacial score (nSPS) is 15.2. The molecule has 3 aromatic heterocycles. The minimum Gasteiger partial charge on any atom is -0.461 e. The Kier molecular flexibility index (Phi) is 7.24. The van der Waals surface area contributed by atoms with Gasteiger partial charge in [-0.2, -0.15) is 0 Å². The molecule has 0 spiro atoms. The topological polar surface area (TPSA) is 68.4 Å². The summed E-state index contributed by atoms with van der Waals surface area (Å²) in [5, 5.41) is 1.88. The number of hydrogen-bond donors (Lipinski definition) is 0. The van der Waals surface area contributed by atoms with Crippen molar-refractivity contribution in [2.75, 3.05) is 46.3 Å². The highest BCUT2D eigenvalue weighted by molar-refractivity contribution is 7.99. The summed E-state index contributed by atoms with van der Waals surface area (Å²) in [6.07, 6.45) is 8.14. The number of anilines is 1. The van der Waals surface area contributed by atoms with Gasteiger partial charge in [-0.25, -0.2) is 9.59 Å². The number of nitrogens with zero attached hydrogens (tertiary/aromatic N) is 4. The molecule has 8 nitrogen and oxygen atoms in total. The molecule has 42 heavy (non-hydrogen) atoms. The van der Waals surface area contributed by atoms with E-state index in [0.29, 0.717) is 11.4 Å². The Morgan fingerprint density at radius 2 is 1.62 bits per heavy atom. The third kappa shape index (κ3) is 4.35. The number of esters is 2. The monoisotopic (exact) mass is 582 g/mol. The van der Waals surface area contributed by atoms with Gasteiger partial charge in [-0.1, -0.05) is 42.1 Å². The summed E-state index contributed by atoms with van der Waals surface area (Å²) in [6, 6.07) is 14.3. The predicted molar refractivity (Wildman–Crippen MR) is 167 cm³/mol. The number of likely N-dealkylation sites (N-methyl/N-ethyl adjacent to an activating group) is 1. The molecule has 0 N–H and O–H groups in total. The molecule has 1 unspecified atom stereocenters. The molecule has 0 radical (unpaired) electrons. The molecular formula is C33H34N4O4S. The van der Waals surface area contributed by atoms with Crippen LogP contribution in [0.2, 0.25) is 0 Å². The number of carbonyl (C=O) groups is 2. The van der Waals surface area contributed by atoms with E-state index in [1.165, 1.54) is 11.8 Å². The van der Waals surface area contributed by atoms with Crippen LogP contribution in [0.25, 0.3) is 23.4 Å². The Morgan fingerprint density at radius 1 is 0.929 bits per heavy atom. The summed E-state index contributed by atoms with van der Waals surface area (Å²) in [5.41, 5.74) is 5.70. The van der Waals surface area contributed by atoms with Crippen molar-refractivity contribution in [1.29, 1.82) is 0 Å². The lowest BCUT2D eigenvalue weighted by molar-refractivity contribution is 0.0505. The van der Waals surface area contributed by atoms with Gasteiger partial charge in [-0.3, -0.25) is 4.90 Å². The SMILES string of the molecule is CCOC(=O)c1c2c(c3n1C=CC(N(C)C)C=3)=C(c1ccccc1)c1c(c(C(=O)OCC)n3ccc(N(C)C)cc13)S2. The molecule has 216 valence electrons. The van der Waals surface area contributed by atoms with Crippen molar-refractivity contribution in [3.63, 3.8) is 0 Å². The van der Waals surface area contributed by atoms with Crippen LogP contribution in [-0.4, -0.2) is 73.3 Å². The largest absolute Gasteiger partial charge is 0.461 e. The van der Waals surface area contributed by atoms with Gasteiger partial charge in [0.05, 0.1) is 33.9 Å². The third-order valence-corrected chi connectivity index (χ3v) is 8.86. The van der Waals surface area contributed by atoms with Gasteiger partial charge in [0.2, 0.25) is 0 Å². The van der Waals surface area contributed by atoms with E-state index in [9.17, 15) is 9.59 Å². The zero-order valence-corrected chi connectivity index (χ0v) is 25.5. The number of pyridine rings is 1. The lowest BCUT2D eigenvalue weighted by atomic mass is 9.95. The van der Waals surface area contributed by atoms with E-state index in [2.05, 4.69) is 35.3 Å². The van der Waals surface area contributed by atoms with Crippen LogP contribution < -0.4 is 15.5 Å².